The zero-order chi connectivity index (χ0) is 26.8. The van der Waals surface area contributed by atoms with Gasteiger partial charge in [0.25, 0.3) is 5.56 Å². The maximum Gasteiger partial charge on any atom is 0.338 e. The molecule has 0 fully saturated rings. The van der Waals surface area contributed by atoms with Crippen LogP contribution in [0.2, 0.25) is 0 Å². The van der Waals surface area contributed by atoms with Gasteiger partial charge in [0.05, 0.1) is 21.8 Å². The average molecular weight is 525 g/mol. The monoisotopic (exact) mass is 524 g/mol. The van der Waals surface area contributed by atoms with E-state index in [1.807, 2.05) is 48.5 Å². The van der Waals surface area contributed by atoms with Crippen LogP contribution < -0.4 is 19.6 Å². The van der Waals surface area contributed by atoms with Crippen LogP contribution in [0.4, 0.5) is 0 Å². The topological polar surface area (TPSA) is 87.0 Å². The molecule has 8 heteroatoms. The predicted octanol–water partition coefficient (Wildman–Crippen LogP) is 4.04. The van der Waals surface area contributed by atoms with Crippen molar-refractivity contribution in [2.45, 2.75) is 19.9 Å². The van der Waals surface area contributed by atoms with E-state index in [2.05, 4.69) is 11.6 Å². The first-order valence-electron chi connectivity index (χ1n) is 11.9. The molecule has 7 nitrogen and oxygen atoms in total. The Morgan fingerprint density at radius 3 is 2.55 bits per heavy atom. The van der Waals surface area contributed by atoms with E-state index in [4.69, 9.17) is 9.47 Å². The van der Waals surface area contributed by atoms with Gasteiger partial charge in [0.2, 0.25) is 0 Å². The van der Waals surface area contributed by atoms with E-state index in [-0.39, 0.29) is 17.7 Å². The number of fused-ring (bicyclic) bond motifs is 2. The van der Waals surface area contributed by atoms with Crippen molar-refractivity contribution in [3.05, 3.63) is 121 Å². The Morgan fingerprint density at radius 2 is 1.82 bits per heavy atom. The Morgan fingerprint density at radius 1 is 1.08 bits per heavy atom. The highest BCUT2D eigenvalue weighted by molar-refractivity contribution is 7.07. The lowest BCUT2D eigenvalue weighted by atomic mass is 9.96. The molecule has 4 aromatic rings. The van der Waals surface area contributed by atoms with Crippen LogP contribution in [0.15, 0.2) is 100 Å². The summed E-state index contributed by atoms with van der Waals surface area (Å²) in [6, 6.07) is 19.9. The molecular weight excluding hydrogens is 500 g/mol. The van der Waals surface area contributed by atoms with E-state index < -0.39 is 18.0 Å². The fourth-order valence-corrected chi connectivity index (χ4v) is 5.55. The molecule has 5 rings (SSSR count). The third kappa shape index (κ3) is 4.73. The molecule has 0 saturated carbocycles. The minimum Gasteiger partial charge on any atom is -0.458 e. The molecule has 1 unspecified atom stereocenters. The molecule has 3 aromatic carbocycles. The number of carbonyl (C=O) groups is 2. The number of ether oxygens (including phenoxy) is 2. The van der Waals surface area contributed by atoms with E-state index >= 15 is 0 Å². The van der Waals surface area contributed by atoms with Crippen LogP contribution in [0.25, 0.3) is 16.8 Å². The Hall–Kier alpha value is -4.56. The fraction of sp³-hybridized carbons (Fsp3) is 0.133. The normalized spacial score (nSPS) is 15.1. The maximum atomic E-state index is 13.9. The summed E-state index contributed by atoms with van der Waals surface area (Å²) in [5, 5.41) is 2.10. The molecule has 1 atom stereocenters. The first-order valence-corrected chi connectivity index (χ1v) is 12.8. The molecule has 0 radical (unpaired) electrons. The van der Waals surface area contributed by atoms with Crippen molar-refractivity contribution in [2.24, 2.45) is 4.99 Å². The number of nitrogens with zero attached hydrogens (tertiary/aromatic N) is 2. The van der Waals surface area contributed by atoms with E-state index in [1.54, 1.807) is 31.2 Å². The lowest BCUT2D eigenvalue weighted by Gasteiger charge is -2.24. The molecule has 0 bridgehead atoms. The van der Waals surface area contributed by atoms with Crippen LogP contribution in [0, 0.1) is 0 Å². The van der Waals surface area contributed by atoms with Crippen molar-refractivity contribution in [3.63, 3.8) is 0 Å². The number of benzene rings is 3. The average Bonchev–Trinajstić information content (AvgIpc) is 3.21. The molecule has 2 heterocycles. The van der Waals surface area contributed by atoms with Crippen LogP contribution in [-0.2, 0) is 14.3 Å². The molecule has 0 aliphatic carbocycles. The molecule has 0 spiro atoms. The number of thiazole rings is 1. The second-order valence-electron chi connectivity index (χ2n) is 8.70. The number of carbonyl (C=O) groups excluding carboxylic acids is 2. The number of esters is 2. The molecular formula is C30H24N2O5S. The van der Waals surface area contributed by atoms with Gasteiger partial charge in [-0.3, -0.25) is 14.2 Å². The number of allylic oxidation sites excluding steroid dienone is 1. The van der Waals surface area contributed by atoms with Crippen molar-refractivity contribution in [2.75, 3.05) is 6.61 Å². The second-order valence-corrected chi connectivity index (χ2v) is 9.71. The van der Waals surface area contributed by atoms with Crippen molar-refractivity contribution in [1.82, 2.24) is 4.57 Å². The first kappa shape index (κ1) is 25.1. The van der Waals surface area contributed by atoms with Crippen molar-refractivity contribution >= 4 is 40.1 Å². The van der Waals surface area contributed by atoms with Crippen LogP contribution in [0.5, 0.6) is 5.75 Å². The van der Waals surface area contributed by atoms with E-state index in [0.29, 0.717) is 26.3 Å². The zero-order valence-corrected chi connectivity index (χ0v) is 21.7. The molecule has 1 aromatic heterocycles. The van der Waals surface area contributed by atoms with Gasteiger partial charge in [-0.2, -0.15) is 0 Å². The highest BCUT2D eigenvalue weighted by atomic mass is 32.1. The van der Waals surface area contributed by atoms with Gasteiger partial charge in [0.1, 0.15) is 12.4 Å². The van der Waals surface area contributed by atoms with E-state index in [0.717, 1.165) is 16.3 Å². The summed E-state index contributed by atoms with van der Waals surface area (Å²) in [6.45, 7) is 6.68. The summed E-state index contributed by atoms with van der Waals surface area (Å²) in [5.74, 6) is -0.659. The SMILES string of the molecule is C=CCOC(=O)C1=C(C)N=c2s/c(=C\c3cccc4ccccc34)c(=O)n2C1c1ccc(OC(C)=O)cc1. The Bertz CT molecular complexity index is 1790. The smallest absolute Gasteiger partial charge is 0.338 e. The molecule has 190 valence electrons. The van der Waals surface area contributed by atoms with Gasteiger partial charge in [-0.05, 0) is 47.0 Å². The minimum atomic E-state index is -0.774. The molecule has 1 aliphatic rings. The summed E-state index contributed by atoms with van der Waals surface area (Å²) in [5.41, 5.74) is 2.02. The lowest BCUT2D eigenvalue weighted by molar-refractivity contribution is -0.138. The number of hydrogen-bond acceptors (Lipinski definition) is 7. The van der Waals surface area contributed by atoms with Crippen molar-refractivity contribution in [1.29, 1.82) is 0 Å². The molecule has 1 aliphatic heterocycles. The van der Waals surface area contributed by atoms with E-state index in [1.165, 1.54) is 28.9 Å². The lowest BCUT2D eigenvalue weighted by Crippen LogP contribution is -2.39. The highest BCUT2D eigenvalue weighted by Gasteiger charge is 2.33. The standard InChI is InChI=1S/C30H24N2O5S/c1-4-16-36-29(35)26-18(2)31-30-32(27(26)21-12-14-23(15-13-21)37-19(3)33)28(34)25(38-30)17-22-10-7-9-20-8-5-6-11-24(20)22/h4-15,17,27H,1,16H2,2-3H3/b25-17-. The van der Waals surface area contributed by atoms with Crippen molar-refractivity contribution in [3.8, 4) is 5.75 Å². The summed E-state index contributed by atoms with van der Waals surface area (Å²) in [6.07, 6.45) is 3.35. The summed E-state index contributed by atoms with van der Waals surface area (Å²) >= 11 is 1.27. The summed E-state index contributed by atoms with van der Waals surface area (Å²) < 4.78 is 12.6. The summed E-state index contributed by atoms with van der Waals surface area (Å²) in [7, 11) is 0. The summed E-state index contributed by atoms with van der Waals surface area (Å²) in [4.78, 5) is 43.5. The largest absolute Gasteiger partial charge is 0.458 e. The van der Waals surface area contributed by atoms with Gasteiger partial charge in [-0.25, -0.2) is 9.79 Å². The Kier molecular flexibility index (Phi) is 6.89. The minimum absolute atomic E-state index is 0.0270. The van der Waals surface area contributed by atoms with Crippen LogP contribution >= 0.6 is 11.3 Å². The van der Waals surface area contributed by atoms with Crippen LogP contribution in [-0.4, -0.2) is 23.1 Å². The van der Waals surface area contributed by atoms with Crippen LogP contribution in [0.3, 0.4) is 0 Å². The van der Waals surface area contributed by atoms with Gasteiger partial charge >= 0.3 is 11.9 Å². The van der Waals surface area contributed by atoms with Gasteiger partial charge in [-0.1, -0.05) is 78.6 Å². The second kappa shape index (κ2) is 10.4. The third-order valence-electron chi connectivity index (χ3n) is 6.14. The molecule has 0 saturated heterocycles. The number of aromatic nitrogens is 1. The quantitative estimate of drug-likeness (QED) is 0.216. The number of rotatable bonds is 6. The van der Waals surface area contributed by atoms with Crippen molar-refractivity contribution < 1.29 is 19.1 Å². The molecule has 0 amide bonds. The predicted molar refractivity (Wildman–Crippen MR) is 147 cm³/mol. The maximum absolute atomic E-state index is 13.9. The number of hydrogen-bond donors (Lipinski definition) is 0. The zero-order valence-electron chi connectivity index (χ0n) is 20.8. The van der Waals surface area contributed by atoms with Gasteiger partial charge < -0.3 is 9.47 Å². The van der Waals surface area contributed by atoms with Gasteiger partial charge in [-0.15, -0.1) is 0 Å². The van der Waals surface area contributed by atoms with Gasteiger partial charge in [0.15, 0.2) is 4.80 Å². The Balaban J connectivity index is 1.69. The van der Waals surface area contributed by atoms with E-state index in [9.17, 15) is 14.4 Å². The highest BCUT2D eigenvalue weighted by Crippen LogP contribution is 2.31. The third-order valence-corrected chi connectivity index (χ3v) is 7.12. The first-order chi connectivity index (χ1) is 18.4. The molecule has 38 heavy (non-hydrogen) atoms. The molecule has 0 N–H and O–H groups in total. The van der Waals surface area contributed by atoms with Crippen LogP contribution in [0.1, 0.15) is 31.0 Å². The van der Waals surface area contributed by atoms with Gasteiger partial charge in [0, 0.05) is 6.92 Å². The fourth-order valence-electron chi connectivity index (χ4n) is 4.51. The Labute approximate surface area is 222 Å².